The van der Waals surface area contributed by atoms with Crippen LogP contribution in [0.15, 0.2) is 46.7 Å². The predicted molar refractivity (Wildman–Crippen MR) is 120 cm³/mol. The molecule has 1 aromatic carbocycles. The summed E-state index contributed by atoms with van der Waals surface area (Å²) >= 11 is 1.23. The standard InChI is InChI=1S/C23H30N2O3S2/c26-22(17-20-12-13-23(29-20)30(27,28)25-14-6-7-15-25)24-21(19-10-4-5-11-19)16-18-8-2-1-3-9-18/h1-3,8-9,12-13,19,21H,4-7,10-11,14-17H2,(H,24,26). The summed E-state index contributed by atoms with van der Waals surface area (Å²) in [5, 5.41) is 3.27. The smallest absolute Gasteiger partial charge is 0.252 e. The summed E-state index contributed by atoms with van der Waals surface area (Å²) in [6.07, 6.45) is 7.70. The van der Waals surface area contributed by atoms with Gasteiger partial charge < -0.3 is 5.32 Å². The SMILES string of the molecule is O=C(Cc1ccc(S(=O)(=O)N2CCCC2)s1)NC(Cc1ccccc1)C1CCCC1. The van der Waals surface area contributed by atoms with Gasteiger partial charge in [0.15, 0.2) is 0 Å². The first-order valence-electron chi connectivity index (χ1n) is 10.9. The zero-order valence-corrected chi connectivity index (χ0v) is 18.9. The van der Waals surface area contributed by atoms with Crippen LogP contribution < -0.4 is 5.32 Å². The van der Waals surface area contributed by atoms with Gasteiger partial charge in [-0.2, -0.15) is 4.31 Å². The van der Waals surface area contributed by atoms with Gasteiger partial charge in [-0.15, -0.1) is 11.3 Å². The molecule has 2 aliphatic rings. The Morgan fingerprint density at radius 3 is 2.43 bits per heavy atom. The van der Waals surface area contributed by atoms with Gasteiger partial charge in [-0.3, -0.25) is 4.79 Å². The van der Waals surface area contributed by atoms with Crippen LogP contribution in [0.3, 0.4) is 0 Å². The summed E-state index contributed by atoms with van der Waals surface area (Å²) in [4.78, 5) is 13.6. The van der Waals surface area contributed by atoms with Crippen LogP contribution in [0.2, 0.25) is 0 Å². The van der Waals surface area contributed by atoms with Gasteiger partial charge in [-0.05, 0) is 55.7 Å². The van der Waals surface area contributed by atoms with Gasteiger partial charge in [0.25, 0.3) is 10.0 Å². The summed E-state index contributed by atoms with van der Waals surface area (Å²) in [7, 11) is -3.41. The molecule has 1 atom stereocenters. The molecule has 0 bridgehead atoms. The van der Waals surface area contributed by atoms with Crippen molar-refractivity contribution < 1.29 is 13.2 Å². The topological polar surface area (TPSA) is 66.5 Å². The van der Waals surface area contributed by atoms with E-state index in [0.29, 0.717) is 23.2 Å². The van der Waals surface area contributed by atoms with E-state index in [1.807, 2.05) is 18.2 Å². The molecule has 5 nitrogen and oxygen atoms in total. The molecule has 4 rings (SSSR count). The number of rotatable bonds is 8. The Labute approximate surface area is 183 Å². The van der Waals surface area contributed by atoms with Crippen LogP contribution in [0.5, 0.6) is 0 Å². The summed E-state index contributed by atoms with van der Waals surface area (Å²) in [5.41, 5.74) is 1.24. The highest BCUT2D eigenvalue weighted by molar-refractivity contribution is 7.91. The van der Waals surface area contributed by atoms with Crippen LogP contribution in [-0.2, 0) is 27.7 Å². The number of nitrogens with zero attached hydrogens (tertiary/aromatic N) is 1. The Kier molecular flexibility index (Phi) is 6.91. The number of sulfonamides is 1. The Balaban J connectivity index is 1.40. The van der Waals surface area contributed by atoms with Crippen LogP contribution in [0, 0.1) is 5.92 Å². The third-order valence-electron chi connectivity index (χ3n) is 6.24. The van der Waals surface area contributed by atoms with Crippen molar-refractivity contribution in [3.8, 4) is 0 Å². The maximum Gasteiger partial charge on any atom is 0.252 e. The van der Waals surface area contributed by atoms with Crippen LogP contribution in [0.25, 0.3) is 0 Å². The fourth-order valence-electron chi connectivity index (χ4n) is 4.63. The highest BCUT2D eigenvalue weighted by atomic mass is 32.2. The van der Waals surface area contributed by atoms with E-state index in [1.165, 1.54) is 29.7 Å². The van der Waals surface area contributed by atoms with Crippen molar-refractivity contribution in [3.63, 3.8) is 0 Å². The van der Waals surface area contributed by atoms with Crippen LogP contribution in [0.4, 0.5) is 0 Å². The lowest BCUT2D eigenvalue weighted by Gasteiger charge is -2.25. The first kappa shape index (κ1) is 21.5. The molecule has 2 heterocycles. The lowest BCUT2D eigenvalue weighted by Crippen LogP contribution is -2.41. The molecule has 1 N–H and O–H groups in total. The minimum absolute atomic E-state index is 0.0187. The van der Waals surface area contributed by atoms with E-state index in [-0.39, 0.29) is 18.4 Å². The molecular formula is C23H30N2O3S2. The molecule has 1 amide bonds. The highest BCUT2D eigenvalue weighted by Crippen LogP contribution is 2.30. The van der Waals surface area contributed by atoms with Crippen LogP contribution >= 0.6 is 11.3 Å². The highest BCUT2D eigenvalue weighted by Gasteiger charge is 2.29. The minimum Gasteiger partial charge on any atom is -0.352 e. The van der Waals surface area contributed by atoms with Crippen LogP contribution in [0.1, 0.15) is 49.0 Å². The number of nitrogens with one attached hydrogen (secondary N) is 1. The Morgan fingerprint density at radius 1 is 1.03 bits per heavy atom. The van der Waals surface area contributed by atoms with E-state index < -0.39 is 10.0 Å². The molecule has 0 radical (unpaired) electrons. The van der Waals surface area contributed by atoms with Crippen molar-refractivity contribution in [2.75, 3.05) is 13.1 Å². The average molecular weight is 447 g/mol. The Morgan fingerprint density at radius 2 is 1.73 bits per heavy atom. The van der Waals surface area contributed by atoms with Gasteiger partial charge in [-0.1, -0.05) is 43.2 Å². The van der Waals surface area contributed by atoms with Crippen molar-refractivity contribution in [1.29, 1.82) is 0 Å². The van der Waals surface area contributed by atoms with Crippen molar-refractivity contribution in [2.45, 2.75) is 61.6 Å². The number of hydrogen-bond donors (Lipinski definition) is 1. The van der Waals surface area contributed by atoms with Gasteiger partial charge in [-0.25, -0.2) is 8.42 Å². The third kappa shape index (κ3) is 5.13. The van der Waals surface area contributed by atoms with Gasteiger partial charge in [0, 0.05) is 24.0 Å². The largest absolute Gasteiger partial charge is 0.352 e. The monoisotopic (exact) mass is 446 g/mol. The van der Waals surface area contributed by atoms with E-state index in [1.54, 1.807) is 16.4 Å². The number of carbonyl (C=O) groups is 1. The second-order valence-electron chi connectivity index (χ2n) is 8.42. The summed E-state index contributed by atoms with van der Waals surface area (Å²) in [5.74, 6) is 0.499. The lowest BCUT2D eigenvalue weighted by atomic mass is 9.92. The molecule has 1 saturated carbocycles. The molecular weight excluding hydrogens is 416 g/mol. The van der Waals surface area contributed by atoms with Gasteiger partial charge >= 0.3 is 0 Å². The number of carbonyl (C=O) groups excluding carboxylic acids is 1. The average Bonchev–Trinajstić information content (AvgIpc) is 3.50. The van der Waals surface area contributed by atoms with Crippen molar-refractivity contribution >= 4 is 27.3 Å². The van der Waals surface area contributed by atoms with Gasteiger partial charge in [0.2, 0.25) is 5.91 Å². The van der Waals surface area contributed by atoms with E-state index in [4.69, 9.17) is 0 Å². The van der Waals surface area contributed by atoms with Crippen molar-refractivity contribution in [1.82, 2.24) is 9.62 Å². The lowest BCUT2D eigenvalue weighted by molar-refractivity contribution is -0.121. The van der Waals surface area contributed by atoms with Crippen molar-refractivity contribution in [3.05, 3.63) is 52.9 Å². The maximum absolute atomic E-state index is 12.8. The molecule has 30 heavy (non-hydrogen) atoms. The molecule has 1 saturated heterocycles. The molecule has 7 heteroatoms. The zero-order valence-electron chi connectivity index (χ0n) is 17.3. The minimum atomic E-state index is -3.41. The van der Waals surface area contributed by atoms with Gasteiger partial charge in [0.1, 0.15) is 4.21 Å². The molecule has 2 aromatic rings. The Bertz CT molecular complexity index is 944. The number of amides is 1. The molecule has 0 spiro atoms. The summed E-state index contributed by atoms with van der Waals surface area (Å²) in [6, 6.07) is 13.9. The molecule has 1 aliphatic carbocycles. The predicted octanol–water partition coefficient (Wildman–Crippen LogP) is 3.99. The summed E-state index contributed by atoms with van der Waals surface area (Å²) in [6.45, 7) is 1.19. The Hall–Kier alpha value is -1.70. The number of thiophene rings is 1. The van der Waals surface area contributed by atoms with Gasteiger partial charge in [0.05, 0.1) is 6.42 Å². The van der Waals surface area contributed by atoms with E-state index in [0.717, 1.165) is 37.0 Å². The number of hydrogen-bond acceptors (Lipinski definition) is 4. The fraction of sp³-hybridized carbons (Fsp3) is 0.522. The van der Waals surface area contributed by atoms with E-state index in [9.17, 15) is 13.2 Å². The number of benzene rings is 1. The maximum atomic E-state index is 12.8. The summed E-state index contributed by atoms with van der Waals surface area (Å²) < 4.78 is 27.4. The zero-order chi connectivity index (χ0) is 21.0. The third-order valence-corrected chi connectivity index (χ3v) is 9.70. The van der Waals surface area contributed by atoms with E-state index >= 15 is 0 Å². The quantitative estimate of drug-likeness (QED) is 0.667. The molecule has 162 valence electrons. The molecule has 1 unspecified atom stereocenters. The van der Waals surface area contributed by atoms with E-state index in [2.05, 4.69) is 17.4 Å². The first-order valence-corrected chi connectivity index (χ1v) is 13.2. The second kappa shape index (κ2) is 9.62. The van der Waals surface area contributed by atoms with Crippen molar-refractivity contribution in [2.24, 2.45) is 5.92 Å². The van der Waals surface area contributed by atoms with Crippen LogP contribution in [-0.4, -0.2) is 37.8 Å². The molecule has 1 aromatic heterocycles. The molecule has 2 fully saturated rings. The normalized spacial score (nSPS) is 19.2. The fourth-order valence-corrected chi connectivity index (χ4v) is 7.65. The second-order valence-corrected chi connectivity index (χ2v) is 11.8. The molecule has 1 aliphatic heterocycles. The first-order chi connectivity index (χ1) is 14.5.